The summed E-state index contributed by atoms with van der Waals surface area (Å²) >= 11 is 2.35. The van der Waals surface area contributed by atoms with Crippen molar-refractivity contribution in [2.24, 2.45) is 0 Å². The van der Waals surface area contributed by atoms with E-state index < -0.39 is 0 Å². The summed E-state index contributed by atoms with van der Waals surface area (Å²) in [6.45, 7) is 5.16. The van der Waals surface area contributed by atoms with Crippen molar-refractivity contribution in [1.82, 2.24) is 19.6 Å². The van der Waals surface area contributed by atoms with Gasteiger partial charge < -0.3 is 14.4 Å². The number of rotatable bonds is 5. The fraction of sp³-hybridized carbons (Fsp3) is 0.615. The Bertz CT molecular complexity index is 599. The van der Waals surface area contributed by atoms with Gasteiger partial charge in [-0.2, -0.15) is 14.6 Å². The summed E-state index contributed by atoms with van der Waals surface area (Å²) < 4.78 is 14.0. The Morgan fingerprint density at radius 2 is 2.24 bits per heavy atom. The molecule has 2 aromatic rings. The van der Waals surface area contributed by atoms with Crippen LogP contribution in [0.15, 0.2) is 12.4 Å². The van der Waals surface area contributed by atoms with E-state index >= 15 is 0 Å². The van der Waals surface area contributed by atoms with Crippen LogP contribution >= 0.6 is 22.6 Å². The molecule has 1 aliphatic rings. The minimum Gasteiger partial charge on any atom is -0.460 e. The van der Waals surface area contributed by atoms with Crippen molar-refractivity contribution in [3.05, 3.63) is 12.4 Å². The highest BCUT2D eigenvalue weighted by Gasteiger charge is 2.17. The molecule has 2 aromatic heterocycles. The second-order valence-electron chi connectivity index (χ2n) is 4.93. The first-order valence-electron chi connectivity index (χ1n) is 7.04. The van der Waals surface area contributed by atoms with E-state index in [1.54, 1.807) is 4.52 Å². The van der Waals surface area contributed by atoms with Gasteiger partial charge in [-0.25, -0.2) is 4.98 Å². The molecule has 0 amide bonds. The molecule has 0 spiro atoms. The zero-order chi connectivity index (χ0) is 14.7. The van der Waals surface area contributed by atoms with Gasteiger partial charge in [0.25, 0.3) is 0 Å². The van der Waals surface area contributed by atoms with E-state index in [2.05, 4.69) is 42.6 Å². The van der Waals surface area contributed by atoms with Crippen LogP contribution in [0, 0.1) is 0 Å². The number of aromatic nitrogens is 4. The third-order valence-electron chi connectivity index (χ3n) is 3.38. The van der Waals surface area contributed by atoms with Gasteiger partial charge in [-0.15, -0.1) is 0 Å². The SMILES string of the molecule is CC(CCI)Oc1nc(N2CCOCC2)cc2ncnn12. The summed E-state index contributed by atoms with van der Waals surface area (Å²) in [6.07, 6.45) is 2.60. The van der Waals surface area contributed by atoms with Crippen LogP contribution in [0.25, 0.3) is 5.65 Å². The number of alkyl halides is 1. The lowest BCUT2D eigenvalue weighted by molar-refractivity contribution is 0.122. The Balaban J connectivity index is 1.91. The van der Waals surface area contributed by atoms with Gasteiger partial charge in [0.1, 0.15) is 12.1 Å². The first-order valence-corrected chi connectivity index (χ1v) is 8.56. The van der Waals surface area contributed by atoms with Crippen molar-refractivity contribution >= 4 is 34.1 Å². The van der Waals surface area contributed by atoms with E-state index in [1.165, 1.54) is 6.33 Å². The van der Waals surface area contributed by atoms with E-state index in [9.17, 15) is 0 Å². The molecule has 0 N–H and O–H groups in total. The molecule has 0 saturated carbocycles. The number of ether oxygens (including phenoxy) is 2. The molecule has 3 rings (SSSR count). The lowest BCUT2D eigenvalue weighted by Crippen LogP contribution is -2.37. The summed E-state index contributed by atoms with van der Waals surface area (Å²) in [5.74, 6) is 0.871. The smallest absolute Gasteiger partial charge is 0.321 e. The summed E-state index contributed by atoms with van der Waals surface area (Å²) in [5.41, 5.74) is 0.753. The summed E-state index contributed by atoms with van der Waals surface area (Å²) in [6, 6.07) is 2.44. The van der Waals surface area contributed by atoms with Crippen LogP contribution in [-0.4, -0.2) is 56.4 Å². The predicted octanol–water partition coefficient (Wildman–Crippen LogP) is 1.55. The Kier molecular flexibility index (Phi) is 4.73. The van der Waals surface area contributed by atoms with Crippen molar-refractivity contribution in [1.29, 1.82) is 0 Å². The van der Waals surface area contributed by atoms with Gasteiger partial charge in [0, 0.05) is 23.6 Å². The lowest BCUT2D eigenvalue weighted by atomic mass is 10.3. The highest BCUT2D eigenvalue weighted by molar-refractivity contribution is 14.1. The minimum atomic E-state index is 0.0988. The fourth-order valence-electron chi connectivity index (χ4n) is 2.21. The molecule has 1 saturated heterocycles. The van der Waals surface area contributed by atoms with Crippen LogP contribution in [0.4, 0.5) is 5.82 Å². The van der Waals surface area contributed by atoms with E-state index in [4.69, 9.17) is 9.47 Å². The molecule has 8 heteroatoms. The largest absolute Gasteiger partial charge is 0.460 e. The van der Waals surface area contributed by atoms with Crippen LogP contribution < -0.4 is 9.64 Å². The Labute approximate surface area is 136 Å². The van der Waals surface area contributed by atoms with Crippen LogP contribution in [0.2, 0.25) is 0 Å². The molecule has 0 bridgehead atoms. The third-order valence-corrected chi connectivity index (χ3v) is 4.00. The molecule has 0 aromatic carbocycles. The highest BCUT2D eigenvalue weighted by Crippen LogP contribution is 2.21. The van der Waals surface area contributed by atoms with Crippen LogP contribution in [0.1, 0.15) is 13.3 Å². The van der Waals surface area contributed by atoms with Gasteiger partial charge in [-0.3, -0.25) is 0 Å². The lowest BCUT2D eigenvalue weighted by Gasteiger charge is -2.28. The Morgan fingerprint density at radius 1 is 1.43 bits per heavy atom. The van der Waals surface area contributed by atoms with Crippen LogP contribution in [0.3, 0.4) is 0 Å². The van der Waals surface area contributed by atoms with E-state index in [-0.39, 0.29) is 6.10 Å². The average molecular weight is 403 g/mol. The molecule has 0 aliphatic carbocycles. The topological polar surface area (TPSA) is 64.8 Å². The molecule has 1 unspecified atom stereocenters. The number of halogens is 1. The highest BCUT2D eigenvalue weighted by atomic mass is 127. The van der Waals surface area contributed by atoms with Crippen LogP contribution in [-0.2, 0) is 4.74 Å². The van der Waals surface area contributed by atoms with E-state index in [0.29, 0.717) is 6.01 Å². The van der Waals surface area contributed by atoms with Gasteiger partial charge in [-0.05, 0) is 13.3 Å². The van der Waals surface area contributed by atoms with Gasteiger partial charge in [0.2, 0.25) is 0 Å². The zero-order valence-corrected chi connectivity index (χ0v) is 14.1. The standard InChI is InChI=1S/C13H18IN5O2/c1-10(2-3-14)21-13-17-12(18-4-6-20-7-5-18)8-11-15-9-16-19(11)13/h8-10H,2-7H2,1H3. The molecule has 1 fully saturated rings. The van der Waals surface area contributed by atoms with Gasteiger partial charge in [0.05, 0.1) is 19.3 Å². The molecule has 0 radical (unpaired) electrons. The normalized spacial score (nSPS) is 17.1. The second-order valence-corrected chi connectivity index (χ2v) is 6.01. The molecule has 3 heterocycles. The van der Waals surface area contributed by atoms with E-state index in [0.717, 1.165) is 48.6 Å². The zero-order valence-electron chi connectivity index (χ0n) is 11.9. The maximum Gasteiger partial charge on any atom is 0.321 e. The monoisotopic (exact) mass is 403 g/mol. The first kappa shape index (κ1) is 14.8. The first-order chi connectivity index (χ1) is 10.3. The quantitative estimate of drug-likeness (QED) is 0.558. The van der Waals surface area contributed by atoms with Crippen molar-refractivity contribution in [3.8, 4) is 6.01 Å². The molecule has 21 heavy (non-hydrogen) atoms. The maximum atomic E-state index is 5.94. The summed E-state index contributed by atoms with van der Waals surface area (Å²) in [7, 11) is 0. The molecular formula is C13H18IN5O2. The summed E-state index contributed by atoms with van der Waals surface area (Å²) in [4.78, 5) is 11.1. The van der Waals surface area contributed by atoms with Crippen molar-refractivity contribution in [3.63, 3.8) is 0 Å². The minimum absolute atomic E-state index is 0.0988. The van der Waals surface area contributed by atoms with Gasteiger partial charge >= 0.3 is 6.01 Å². The fourth-order valence-corrected chi connectivity index (χ4v) is 3.09. The Morgan fingerprint density at radius 3 is 3.00 bits per heavy atom. The van der Waals surface area contributed by atoms with Crippen molar-refractivity contribution in [2.75, 3.05) is 35.6 Å². The van der Waals surface area contributed by atoms with Gasteiger partial charge in [0.15, 0.2) is 5.65 Å². The number of hydrogen-bond acceptors (Lipinski definition) is 6. The number of nitrogens with zero attached hydrogens (tertiary/aromatic N) is 5. The third kappa shape index (κ3) is 3.37. The predicted molar refractivity (Wildman–Crippen MR) is 87.4 cm³/mol. The van der Waals surface area contributed by atoms with Crippen molar-refractivity contribution in [2.45, 2.75) is 19.4 Å². The average Bonchev–Trinajstić information content (AvgIpc) is 2.97. The van der Waals surface area contributed by atoms with Crippen molar-refractivity contribution < 1.29 is 9.47 Å². The number of morpholine rings is 1. The molecule has 114 valence electrons. The molecular weight excluding hydrogens is 385 g/mol. The molecule has 1 aliphatic heterocycles. The molecule has 7 nitrogen and oxygen atoms in total. The summed E-state index contributed by atoms with van der Waals surface area (Å²) in [5, 5.41) is 4.19. The van der Waals surface area contributed by atoms with E-state index in [1.807, 2.05) is 13.0 Å². The molecule has 1 atom stereocenters. The number of anilines is 1. The van der Waals surface area contributed by atoms with Crippen LogP contribution in [0.5, 0.6) is 6.01 Å². The second kappa shape index (κ2) is 6.73. The number of fused-ring (bicyclic) bond motifs is 1. The Hall–Kier alpha value is -1.16. The van der Waals surface area contributed by atoms with Gasteiger partial charge in [-0.1, -0.05) is 22.6 Å². The maximum absolute atomic E-state index is 5.94. The number of hydrogen-bond donors (Lipinski definition) is 0.